The summed E-state index contributed by atoms with van der Waals surface area (Å²) in [5.74, 6) is 0.0354. The van der Waals surface area contributed by atoms with Crippen LogP contribution in [-0.2, 0) is 15.1 Å². The SMILES string of the molecule is COC(=O)[C@]1(c2ccc(Cl)cc2)[C@H](CC(=O)c2ccccc2)CCN1c1ccc(OC)cc1. The third-order valence-electron chi connectivity index (χ3n) is 6.41. The van der Waals surface area contributed by atoms with Crippen LogP contribution in [0.25, 0.3) is 0 Å². The van der Waals surface area contributed by atoms with Crippen LogP contribution >= 0.6 is 11.6 Å². The molecule has 3 aromatic carbocycles. The van der Waals surface area contributed by atoms with Gasteiger partial charge < -0.3 is 14.4 Å². The number of methoxy groups -OCH3 is 2. The van der Waals surface area contributed by atoms with E-state index in [4.69, 9.17) is 21.1 Å². The average Bonchev–Trinajstić information content (AvgIpc) is 3.24. The summed E-state index contributed by atoms with van der Waals surface area (Å²) in [6, 6.07) is 24.0. The highest BCUT2D eigenvalue weighted by atomic mass is 35.5. The summed E-state index contributed by atoms with van der Waals surface area (Å²) in [6.45, 7) is 0.594. The number of esters is 1. The Balaban J connectivity index is 1.83. The van der Waals surface area contributed by atoms with Crippen molar-refractivity contribution in [3.63, 3.8) is 0 Å². The van der Waals surface area contributed by atoms with Crippen LogP contribution in [0.3, 0.4) is 0 Å². The van der Waals surface area contributed by atoms with E-state index in [1.54, 1.807) is 31.4 Å². The summed E-state index contributed by atoms with van der Waals surface area (Å²) < 4.78 is 10.7. The number of anilines is 1. The van der Waals surface area contributed by atoms with Crippen LogP contribution in [0.15, 0.2) is 78.9 Å². The highest BCUT2D eigenvalue weighted by Crippen LogP contribution is 2.49. The molecular weight excluding hydrogens is 438 g/mol. The van der Waals surface area contributed by atoms with E-state index in [0.717, 1.165) is 17.0 Å². The number of hydrogen-bond donors (Lipinski definition) is 0. The zero-order chi connectivity index (χ0) is 23.4. The molecule has 1 aliphatic rings. The Hall–Kier alpha value is -3.31. The molecule has 1 heterocycles. The lowest BCUT2D eigenvalue weighted by molar-refractivity contribution is -0.149. The first-order chi connectivity index (χ1) is 16.0. The van der Waals surface area contributed by atoms with E-state index in [2.05, 4.69) is 0 Å². The number of ether oxygens (including phenoxy) is 2. The van der Waals surface area contributed by atoms with Gasteiger partial charge in [-0.05, 0) is 48.4 Å². The van der Waals surface area contributed by atoms with Gasteiger partial charge in [-0.3, -0.25) is 4.79 Å². The van der Waals surface area contributed by atoms with Gasteiger partial charge in [0.2, 0.25) is 0 Å². The van der Waals surface area contributed by atoms with E-state index >= 15 is 0 Å². The maximum atomic E-state index is 13.6. The largest absolute Gasteiger partial charge is 0.497 e. The van der Waals surface area contributed by atoms with Gasteiger partial charge in [-0.1, -0.05) is 54.1 Å². The van der Waals surface area contributed by atoms with Gasteiger partial charge in [0.15, 0.2) is 11.3 Å². The van der Waals surface area contributed by atoms with E-state index in [9.17, 15) is 9.59 Å². The second-order valence-electron chi connectivity index (χ2n) is 8.09. The minimum Gasteiger partial charge on any atom is -0.497 e. The number of ketones is 1. The van der Waals surface area contributed by atoms with Crippen LogP contribution in [0.5, 0.6) is 5.75 Å². The highest BCUT2D eigenvalue weighted by molar-refractivity contribution is 6.30. The third kappa shape index (κ3) is 4.21. The molecule has 0 spiro atoms. The molecule has 0 saturated carbocycles. The molecule has 4 rings (SSSR count). The summed E-state index contributed by atoms with van der Waals surface area (Å²) in [6.07, 6.45) is 0.872. The zero-order valence-electron chi connectivity index (χ0n) is 18.7. The third-order valence-corrected chi connectivity index (χ3v) is 6.66. The number of benzene rings is 3. The first-order valence-corrected chi connectivity index (χ1v) is 11.2. The van der Waals surface area contributed by atoms with Crippen molar-refractivity contribution >= 4 is 29.0 Å². The van der Waals surface area contributed by atoms with Gasteiger partial charge in [0.25, 0.3) is 0 Å². The lowest BCUT2D eigenvalue weighted by Crippen LogP contribution is -2.53. The van der Waals surface area contributed by atoms with Gasteiger partial charge in [-0.25, -0.2) is 4.79 Å². The minimum absolute atomic E-state index is 0.000535. The molecule has 3 aromatic rings. The molecule has 33 heavy (non-hydrogen) atoms. The molecule has 0 aliphatic carbocycles. The van der Waals surface area contributed by atoms with E-state index in [1.807, 2.05) is 59.5 Å². The Morgan fingerprint density at radius 3 is 2.24 bits per heavy atom. The molecule has 0 amide bonds. The summed E-state index contributed by atoms with van der Waals surface area (Å²) in [5.41, 5.74) is 1.07. The number of Topliss-reactive ketones (excluding diaryl/α,β-unsaturated/α-hetero) is 1. The summed E-state index contributed by atoms with van der Waals surface area (Å²) >= 11 is 6.17. The Morgan fingerprint density at radius 1 is 0.970 bits per heavy atom. The Bertz CT molecular complexity index is 1120. The standard InChI is InChI=1S/C27H26ClNO4/c1-32-24-14-12-23(13-15-24)29-17-16-21(18-25(30)19-6-4-3-5-7-19)27(29,26(31)33-2)20-8-10-22(28)11-9-20/h3-15,21H,16-18H2,1-2H3/t21-,27-/m0/s1. The fraction of sp³-hybridized carbons (Fsp3) is 0.259. The van der Waals surface area contributed by atoms with Crippen molar-refractivity contribution in [2.45, 2.75) is 18.4 Å². The van der Waals surface area contributed by atoms with E-state index in [0.29, 0.717) is 23.6 Å². The molecule has 0 unspecified atom stereocenters. The summed E-state index contributed by atoms with van der Waals surface area (Å²) in [4.78, 5) is 28.9. The van der Waals surface area contributed by atoms with Crippen LogP contribution in [-0.4, -0.2) is 32.5 Å². The van der Waals surface area contributed by atoms with Crippen LogP contribution in [0.2, 0.25) is 5.02 Å². The van der Waals surface area contributed by atoms with Crippen molar-refractivity contribution in [2.75, 3.05) is 25.7 Å². The molecule has 0 N–H and O–H groups in total. The van der Waals surface area contributed by atoms with Gasteiger partial charge in [-0.2, -0.15) is 0 Å². The maximum absolute atomic E-state index is 13.6. The Morgan fingerprint density at radius 2 is 1.64 bits per heavy atom. The molecule has 0 radical (unpaired) electrons. The van der Waals surface area contributed by atoms with Gasteiger partial charge in [0, 0.05) is 35.2 Å². The smallest absolute Gasteiger partial charge is 0.336 e. The normalized spacial score (nSPS) is 19.8. The van der Waals surface area contributed by atoms with Crippen LogP contribution < -0.4 is 9.64 Å². The Kier molecular flexibility index (Phi) is 6.70. The number of hydrogen-bond acceptors (Lipinski definition) is 5. The van der Waals surface area contributed by atoms with Crippen LogP contribution in [0.4, 0.5) is 5.69 Å². The number of halogens is 1. The quantitative estimate of drug-likeness (QED) is 0.341. The minimum atomic E-state index is -1.17. The van der Waals surface area contributed by atoms with Gasteiger partial charge in [0.05, 0.1) is 14.2 Å². The predicted molar refractivity (Wildman–Crippen MR) is 129 cm³/mol. The molecule has 170 valence electrons. The summed E-state index contributed by atoms with van der Waals surface area (Å²) in [5, 5.41) is 0.574. The molecule has 1 saturated heterocycles. The van der Waals surface area contributed by atoms with E-state index in [1.165, 1.54) is 7.11 Å². The zero-order valence-corrected chi connectivity index (χ0v) is 19.4. The topological polar surface area (TPSA) is 55.8 Å². The fourth-order valence-corrected chi connectivity index (χ4v) is 4.97. The number of carbonyl (C=O) groups is 2. The fourth-order valence-electron chi connectivity index (χ4n) is 4.85. The lowest BCUT2D eigenvalue weighted by Gasteiger charge is -2.41. The first kappa shape index (κ1) is 22.9. The summed E-state index contributed by atoms with van der Waals surface area (Å²) in [7, 11) is 3.00. The van der Waals surface area contributed by atoms with Gasteiger partial charge in [-0.15, -0.1) is 0 Å². The predicted octanol–water partition coefficient (Wildman–Crippen LogP) is 5.52. The molecule has 1 aliphatic heterocycles. The first-order valence-electron chi connectivity index (χ1n) is 10.8. The van der Waals surface area contributed by atoms with Gasteiger partial charge in [0.1, 0.15) is 5.75 Å². The molecule has 6 heteroatoms. The van der Waals surface area contributed by atoms with Crippen LogP contribution in [0, 0.1) is 5.92 Å². The van der Waals surface area contributed by atoms with E-state index < -0.39 is 11.5 Å². The van der Waals surface area contributed by atoms with Crippen molar-refractivity contribution in [1.82, 2.24) is 0 Å². The molecule has 0 aromatic heterocycles. The van der Waals surface area contributed by atoms with Gasteiger partial charge >= 0.3 is 5.97 Å². The number of carbonyl (C=O) groups excluding carboxylic acids is 2. The van der Waals surface area contributed by atoms with E-state index in [-0.39, 0.29) is 18.1 Å². The van der Waals surface area contributed by atoms with Crippen molar-refractivity contribution in [2.24, 2.45) is 5.92 Å². The van der Waals surface area contributed by atoms with Crippen molar-refractivity contribution in [3.8, 4) is 5.75 Å². The monoisotopic (exact) mass is 463 g/mol. The maximum Gasteiger partial charge on any atom is 0.336 e. The Labute approximate surface area is 198 Å². The van der Waals surface area contributed by atoms with Crippen LogP contribution in [0.1, 0.15) is 28.8 Å². The molecule has 5 nitrogen and oxygen atoms in total. The number of rotatable bonds is 7. The molecule has 2 atom stereocenters. The van der Waals surface area contributed by atoms with Crippen molar-refractivity contribution in [3.05, 3.63) is 95.0 Å². The second kappa shape index (κ2) is 9.67. The second-order valence-corrected chi connectivity index (χ2v) is 8.53. The number of nitrogens with zero attached hydrogens (tertiary/aromatic N) is 1. The molecule has 0 bridgehead atoms. The molecule has 1 fully saturated rings. The molecular formula is C27H26ClNO4. The van der Waals surface area contributed by atoms with Crippen molar-refractivity contribution < 1.29 is 19.1 Å². The highest BCUT2D eigenvalue weighted by Gasteiger charge is 2.57. The lowest BCUT2D eigenvalue weighted by atomic mass is 9.75. The van der Waals surface area contributed by atoms with Crippen molar-refractivity contribution in [1.29, 1.82) is 0 Å². The average molecular weight is 464 g/mol.